The summed E-state index contributed by atoms with van der Waals surface area (Å²) in [5, 5.41) is 0. The molecule has 2 aromatic carbocycles. The van der Waals surface area contributed by atoms with Crippen LogP contribution in [0.5, 0.6) is 11.5 Å². The van der Waals surface area contributed by atoms with Crippen molar-refractivity contribution in [2.24, 2.45) is 0 Å². The van der Waals surface area contributed by atoms with E-state index in [0.29, 0.717) is 19.0 Å². The van der Waals surface area contributed by atoms with Crippen molar-refractivity contribution in [3.63, 3.8) is 0 Å². The van der Waals surface area contributed by atoms with E-state index in [9.17, 15) is 8.42 Å². The summed E-state index contributed by atoms with van der Waals surface area (Å²) in [6.07, 6.45) is 0. The van der Waals surface area contributed by atoms with Crippen molar-refractivity contribution in [1.29, 1.82) is 0 Å². The van der Waals surface area contributed by atoms with E-state index in [2.05, 4.69) is 4.90 Å². The van der Waals surface area contributed by atoms with Gasteiger partial charge in [-0.2, -0.15) is 8.42 Å². The van der Waals surface area contributed by atoms with Gasteiger partial charge in [0, 0.05) is 18.7 Å². The highest BCUT2D eigenvalue weighted by molar-refractivity contribution is 7.87. The monoisotopic (exact) mass is 393 g/mol. The summed E-state index contributed by atoms with van der Waals surface area (Å²) in [7, 11) is -2.39. The highest BCUT2D eigenvalue weighted by atomic mass is 32.2. The molecule has 6 nitrogen and oxygen atoms in total. The first-order valence-corrected chi connectivity index (χ1v) is 9.87. The lowest BCUT2D eigenvalue weighted by molar-refractivity contribution is 0.0693. The number of ether oxygens (including phenoxy) is 2. The number of nitrogens with zero attached hydrogens (tertiary/aromatic N) is 1. The van der Waals surface area contributed by atoms with Gasteiger partial charge in [0.25, 0.3) is 0 Å². The van der Waals surface area contributed by atoms with Crippen LogP contribution in [0.25, 0.3) is 0 Å². The van der Waals surface area contributed by atoms with Gasteiger partial charge in [0.15, 0.2) is 0 Å². The van der Waals surface area contributed by atoms with Gasteiger partial charge in [-0.05, 0) is 48.5 Å². The third-order valence-electron chi connectivity index (χ3n) is 3.95. The lowest BCUT2D eigenvalue weighted by Crippen LogP contribution is -2.40. The molecule has 1 aliphatic rings. The van der Waals surface area contributed by atoms with Crippen molar-refractivity contribution in [3.05, 3.63) is 54.1 Å². The van der Waals surface area contributed by atoms with Crippen LogP contribution in [-0.2, 0) is 14.9 Å². The Morgan fingerprint density at radius 1 is 1.00 bits per heavy atom. The number of morpholine rings is 1. The minimum atomic E-state index is -3.91. The Hall–Kier alpha value is -2.16. The zero-order valence-corrected chi connectivity index (χ0v) is 15.9. The standard InChI is InChI=1S/C18H19NO5S2/c1-22-15-6-8-17(9-7-15)26(20,21)24-16-4-2-14(3-5-16)18(25)19-10-12-23-13-11-19/h2-9H,10-13H2,1H3. The van der Waals surface area contributed by atoms with Crippen LogP contribution in [-0.4, -0.2) is 51.7 Å². The lowest BCUT2D eigenvalue weighted by atomic mass is 10.2. The molecule has 8 heteroatoms. The third-order valence-corrected chi connectivity index (χ3v) is 5.71. The molecule has 1 fully saturated rings. The number of hydrogen-bond donors (Lipinski definition) is 0. The molecule has 26 heavy (non-hydrogen) atoms. The molecule has 3 rings (SSSR count). The van der Waals surface area contributed by atoms with Crippen LogP contribution in [0.15, 0.2) is 53.4 Å². The second-order valence-electron chi connectivity index (χ2n) is 5.64. The molecule has 0 N–H and O–H groups in total. The molecule has 2 aromatic rings. The number of methoxy groups -OCH3 is 1. The van der Waals surface area contributed by atoms with Gasteiger partial charge in [-0.3, -0.25) is 0 Å². The first kappa shape index (κ1) is 18.6. The van der Waals surface area contributed by atoms with Gasteiger partial charge >= 0.3 is 10.1 Å². The minimum absolute atomic E-state index is 0.0613. The molecule has 0 radical (unpaired) electrons. The topological polar surface area (TPSA) is 65.1 Å². The van der Waals surface area contributed by atoms with Crippen LogP contribution in [0.2, 0.25) is 0 Å². The molecule has 1 aliphatic heterocycles. The first-order valence-electron chi connectivity index (χ1n) is 8.05. The summed E-state index contributed by atoms with van der Waals surface area (Å²) < 4.78 is 40.3. The SMILES string of the molecule is COc1ccc(S(=O)(=O)Oc2ccc(C(=S)N3CCOCC3)cc2)cc1. The molecule has 1 heterocycles. The number of hydrogen-bond acceptors (Lipinski definition) is 6. The van der Waals surface area contributed by atoms with Gasteiger partial charge in [-0.25, -0.2) is 0 Å². The van der Waals surface area contributed by atoms with E-state index in [0.717, 1.165) is 23.6 Å². The van der Waals surface area contributed by atoms with E-state index in [1.54, 1.807) is 36.4 Å². The Morgan fingerprint density at radius 2 is 1.58 bits per heavy atom. The van der Waals surface area contributed by atoms with Gasteiger partial charge in [0.2, 0.25) is 0 Å². The zero-order chi connectivity index (χ0) is 18.6. The van der Waals surface area contributed by atoms with Crippen molar-refractivity contribution in [2.45, 2.75) is 4.90 Å². The van der Waals surface area contributed by atoms with Crippen molar-refractivity contribution in [1.82, 2.24) is 4.90 Å². The van der Waals surface area contributed by atoms with E-state index in [-0.39, 0.29) is 10.6 Å². The van der Waals surface area contributed by atoms with Crippen LogP contribution in [0.1, 0.15) is 5.56 Å². The van der Waals surface area contributed by atoms with Gasteiger partial charge in [0.1, 0.15) is 21.4 Å². The van der Waals surface area contributed by atoms with Crippen LogP contribution in [0.4, 0.5) is 0 Å². The second-order valence-corrected chi connectivity index (χ2v) is 7.57. The Kier molecular flexibility index (Phi) is 5.75. The maximum Gasteiger partial charge on any atom is 0.339 e. The Bertz CT molecular complexity index is 857. The Labute approximate surface area is 158 Å². The molecule has 0 amide bonds. The summed E-state index contributed by atoms with van der Waals surface area (Å²) in [6.45, 7) is 2.81. The highest BCUT2D eigenvalue weighted by Gasteiger charge is 2.18. The average molecular weight is 393 g/mol. The average Bonchev–Trinajstić information content (AvgIpc) is 2.68. The normalized spacial score (nSPS) is 14.7. The van der Waals surface area contributed by atoms with Crippen LogP contribution in [0.3, 0.4) is 0 Å². The predicted octanol–water partition coefficient (Wildman–Crippen LogP) is 2.47. The van der Waals surface area contributed by atoms with Crippen molar-refractivity contribution in [2.75, 3.05) is 33.4 Å². The fraction of sp³-hybridized carbons (Fsp3) is 0.278. The molecule has 0 saturated carbocycles. The fourth-order valence-electron chi connectivity index (χ4n) is 2.52. The summed E-state index contributed by atoms with van der Waals surface area (Å²) in [5.74, 6) is 0.805. The molecule has 0 aromatic heterocycles. The Balaban J connectivity index is 1.70. The molecule has 0 aliphatic carbocycles. The van der Waals surface area contributed by atoms with E-state index < -0.39 is 10.1 Å². The molecule has 0 unspecified atom stereocenters. The second kappa shape index (κ2) is 8.03. The summed E-state index contributed by atoms with van der Waals surface area (Å²) >= 11 is 5.49. The maximum atomic E-state index is 12.4. The van der Waals surface area contributed by atoms with E-state index >= 15 is 0 Å². The quantitative estimate of drug-likeness (QED) is 0.571. The van der Waals surface area contributed by atoms with Crippen LogP contribution in [0, 0.1) is 0 Å². The number of rotatable bonds is 5. The summed E-state index contributed by atoms with van der Waals surface area (Å²) in [4.78, 5) is 2.85. The lowest BCUT2D eigenvalue weighted by Gasteiger charge is -2.29. The predicted molar refractivity (Wildman–Crippen MR) is 101 cm³/mol. The smallest absolute Gasteiger partial charge is 0.339 e. The van der Waals surface area contributed by atoms with Crippen molar-refractivity contribution >= 4 is 27.3 Å². The highest BCUT2D eigenvalue weighted by Crippen LogP contribution is 2.22. The summed E-state index contributed by atoms with van der Waals surface area (Å²) in [6, 6.07) is 12.7. The maximum absolute atomic E-state index is 12.4. The van der Waals surface area contributed by atoms with Gasteiger partial charge in [-0.1, -0.05) is 12.2 Å². The Morgan fingerprint density at radius 3 is 2.15 bits per heavy atom. The van der Waals surface area contributed by atoms with Crippen LogP contribution < -0.4 is 8.92 Å². The van der Waals surface area contributed by atoms with Crippen molar-refractivity contribution < 1.29 is 22.1 Å². The molecular formula is C18H19NO5S2. The van der Waals surface area contributed by atoms with Gasteiger partial charge in [0.05, 0.1) is 20.3 Å². The zero-order valence-electron chi connectivity index (χ0n) is 14.3. The summed E-state index contributed by atoms with van der Waals surface area (Å²) in [5.41, 5.74) is 0.844. The first-order chi connectivity index (χ1) is 12.5. The molecule has 0 spiro atoms. The number of thiocarbonyl (C=S) groups is 1. The molecular weight excluding hydrogens is 374 g/mol. The molecule has 1 saturated heterocycles. The van der Waals surface area contributed by atoms with E-state index in [1.165, 1.54) is 19.2 Å². The molecule has 138 valence electrons. The van der Waals surface area contributed by atoms with Crippen LogP contribution >= 0.6 is 12.2 Å². The van der Waals surface area contributed by atoms with Gasteiger partial charge < -0.3 is 18.6 Å². The minimum Gasteiger partial charge on any atom is -0.497 e. The molecule has 0 bridgehead atoms. The number of benzene rings is 2. The van der Waals surface area contributed by atoms with Crippen molar-refractivity contribution in [3.8, 4) is 11.5 Å². The molecule has 0 atom stereocenters. The largest absolute Gasteiger partial charge is 0.497 e. The third kappa shape index (κ3) is 4.32. The fourth-order valence-corrected chi connectivity index (χ4v) is 3.77. The van der Waals surface area contributed by atoms with E-state index in [1.807, 2.05) is 0 Å². The van der Waals surface area contributed by atoms with E-state index in [4.69, 9.17) is 25.9 Å². The van der Waals surface area contributed by atoms with Gasteiger partial charge in [-0.15, -0.1) is 0 Å².